The lowest BCUT2D eigenvalue weighted by atomic mass is 10.1. The quantitative estimate of drug-likeness (QED) is 0.795. The molecule has 1 atom stereocenters. The third-order valence-corrected chi connectivity index (χ3v) is 3.89. The predicted octanol–water partition coefficient (Wildman–Crippen LogP) is 1.62. The molecular weight excluding hydrogens is 292 g/mol. The van der Waals surface area contributed by atoms with Crippen molar-refractivity contribution >= 4 is 5.91 Å². The first-order chi connectivity index (χ1) is 11.3. The molecule has 1 aliphatic rings. The molecule has 1 aromatic carbocycles. The Morgan fingerprint density at radius 1 is 1.35 bits per heavy atom. The molecule has 1 aromatic heterocycles. The van der Waals surface area contributed by atoms with Crippen molar-refractivity contribution in [2.75, 3.05) is 26.2 Å². The van der Waals surface area contributed by atoms with Crippen LogP contribution in [0.15, 0.2) is 42.6 Å². The van der Waals surface area contributed by atoms with Crippen LogP contribution in [0, 0.1) is 0 Å². The number of ether oxygens (including phenoxy) is 1. The van der Waals surface area contributed by atoms with E-state index in [0.717, 1.165) is 31.7 Å². The Morgan fingerprint density at radius 3 is 3.00 bits per heavy atom. The number of para-hydroxylation sites is 1. The molecule has 1 fully saturated rings. The highest BCUT2D eigenvalue weighted by Gasteiger charge is 2.17. The molecule has 1 amide bonds. The number of nitrogens with zero attached hydrogens (tertiary/aromatic N) is 2. The zero-order chi connectivity index (χ0) is 15.9. The van der Waals surface area contributed by atoms with Gasteiger partial charge in [-0.05, 0) is 37.6 Å². The SMILES string of the molecule is O=C(NCCOc1ccccc1)c1ccn(C2CCCNC2)n1. The van der Waals surface area contributed by atoms with Crippen LogP contribution in [0.3, 0.4) is 0 Å². The van der Waals surface area contributed by atoms with Crippen LogP contribution in [0.4, 0.5) is 0 Å². The number of nitrogens with one attached hydrogen (secondary N) is 2. The number of hydrogen-bond donors (Lipinski definition) is 2. The smallest absolute Gasteiger partial charge is 0.271 e. The van der Waals surface area contributed by atoms with Crippen LogP contribution in [-0.2, 0) is 0 Å². The molecule has 23 heavy (non-hydrogen) atoms. The molecule has 3 rings (SSSR count). The number of amides is 1. The van der Waals surface area contributed by atoms with Gasteiger partial charge < -0.3 is 15.4 Å². The maximum absolute atomic E-state index is 12.1. The number of carbonyl (C=O) groups excluding carboxylic acids is 1. The first kappa shape index (κ1) is 15.6. The number of benzene rings is 1. The zero-order valence-electron chi connectivity index (χ0n) is 13.1. The van der Waals surface area contributed by atoms with Gasteiger partial charge in [0.2, 0.25) is 0 Å². The molecule has 0 saturated carbocycles. The summed E-state index contributed by atoms with van der Waals surface area (Å²) in [6.07, 6.45) is 4.12. The average Bonchev–Trinajstić information content (AvgIpc) is 3.10. The molecule has 2 aromatic rings. The van der Waals surface area contributed by atoms with Gasteiger partial charge in [0.25, 0.3) is 5.91 Å². The fourth-order valence-corrected chi connectivity index (χ4v) is 2.66. The molecule has 2 heterocycles. The summed E-state index contributed by atoms with van der Waals surface area (Å²) < 4.78 is 7.43. The molecule has 1 saturated heterocycles. The highest BCUT2D eigenvalue weighted by Crippen LogP contribution is 2.15. The second kappa shape index (κ2) is 7.78. The summed E-state index contributed by atoms with van der Waals surface area (Å²) in [5, 5.41) is 10.6. The molecule has 0 bridgehead atoms. The van der Waals surface area contributed by atoms with Crippen molar-refractivity contribution < 1.29 is 9.53 Å². The summed E-state index contributed by atoms with van der Waals surface area (Å²) in [5.41, 5.74) is 0.454. The highest BCUT2D eigenvalue weighted by molar-refractivity contribution is 5.92. The molecule has 0 spiro atoms. The van der Waals surface area contributed by atoms with Crippen LogP contribution in [0.2, 0.25) is 0 Å². The minimum Gasteiger partial charge on any atom is -0.492 e. The van der Waals surface area contributed by atoms with E-state index in [0.29, 0.717) is 24.9 Å². The molecule has 2 N–H and O–H groups in total. The van der Waals surface area contributed by atoms with Crippen LogP contribution in [0.25, 0.3) is 0 Å². The van der Waals surface area contributed by atoms with Gasteiger partial charge in [-0.15, -0.1) is 0 Å². The number of rotatable bonds is 6. The molecular formula is C17H22N4O2. The Labute approximate surface area is 135 Å². The van der Waals surface area contributed by atoms with E-state index in [1.165, 1.54) is 0 Å². The van der Waals surface area contributed by atoms with Crippen molar-refractivity contribution in [3.8, 4) is 5.75 Å². The summed E-state index contributed by atoms with van der Waals surface area (Å²) in [6.45, 7) is 2.86. The fraction of sp³-hybridized carbons (Fsp3) is 0.412. The van der Waals surface area contributed by atoms with Gasteiger partial charge in [-0.2, -0.15) is 5.10 Å². The molecule has 1 aliphatic heterocycles. The summed E-state index contributed by atoms with van der Waals surface area (Å²) in [6, 6.07) is 11.7. The fourth-order valence-electron chi connectivity index (χ4n) is 2.66. The van der Waals surface area contributed by atoms with E-state index in [2.05, 4.69) is 15.7 Å². The van der Waals surface area contributed by atoms with Gasteiger partial charge in [0, 0.05) is 12.7 Å². The van der Waals surface area contributed by atoms with Crippen molar-refractivity contribution in [3.05, 3.63) is 48.3 Å². The second-order valence-electron chi connectivity index (χ2n) is 5.60. The molecule has 0 aliphatic carbocycles. The molecule has 1 unspecified atom stereocenters. The maximum Gasteiger partial charge on any atom is 0.271 e. The van der Waals surface area contributed by atoms with Gasteiger partial charge in [0.15, 0.2) is 0 Å². The Hall–Kier alpha value is -2.34. The predicted molar refractivity (Wildman–Crippen MR) is 87.6 cm³/mol. The topological polar surface area (TPSA) is 68.2 Å². The van der Waals surface area contributed by atoms with E-state index < -0.39 is 0 Å². The van der Waals surface area contributed by atoms with Gasteiger partial charge in [-0.3, -0.25) is 9.48 Å². The van der Waals surface area contributed by atoms with E-state index in [-0.39, 0.29) is 5.91 Å². The van der Waals surface area contributed by atoms with Gasteiger partial charge in [0.05, 0.1) is 12.6 Å². The Balaban J connectivity index is 1.44. The van der Waals surface area contributed by atoms with Crippen molar-refractivity contribution in [3.63, 3.8) is 0 Å². The lowest BCUT2D eigenvalue weighted by molar-refractivity contribution is 0.0940. The summed E-state index contributed by atoms with van der Waals surface area (Å²) in [5.74, 6) is 0.639. The van der Waals surface area contributed by atoms with Crippen LogP contribution in [0.5, 0.6) is 5.75 Å². The molecule has 6 heteroatoms. The van der Waals surface area contributed by atoms with Gasteiger partial charge in [-0.1, -0.05) is 18.2 Å². The Morgan fingerprint density at radius 2 is 2.22 bits per heavy atom. The van der Waals surface area contributed by atoms with E-state index >= 15 is 0 Å². The lowest BCUT2D eigenvalue weighted by Crippen LogP contribution is -2.32. The number of hydrogen-bond acceptors (Lipinski definition) is 4. The lowest BCUT2D eigenvalue weighted by Gasteiger charge is -2.22. The van der Waals surface area contributed by atoms with E-state index in [4.69, 9.17) is 4.74 Å². The normalized spacial score (nSPS) is 17.7. The third kappa shape index (κ3) is 4.32. The van der Waals surface area contributed by atoms with Gasteiger partial charge in [-0.25, -0.2) is 0 Å². The van der Waals surface area contributed by atoms with E-state index in [9.17, 15) is 4.79 Å². The maximum atomic E-state index is 12.1. The largest absolute Gasteiger partial charge is 0.492 e. The minimum atomic E-state index is -0.163. The highest BCUT2D eigenvalue weighted by atomic mass is 16.5. The van der Waals surface area contributed by atoms with Crippen molar-refractivity contribution in [1.82, 2.24) is 20.4 Å². The van der Waals surface area contributed by atoms with E-state index in [1.807, 2.05) is 41.2 Å². The van der Waals surface area contributed by atoms with Crippen LogP contribution < -0.4 is 15.4 Å². The summed E-state index contributed by atoms with van der Waals surface area (Å²) >= 11 is 0. The van der Waals surface area contributed by atoms with Crippen LogP contribution in [0.1, 0.15) is 29.4 Å². The van der Waals surface area contributed by atoms with E-state index in [1.54, 1.807) is 6.07 Å². The monoisotopic (exact) mass is 314 g/mol. The van der Waals surface area contributed by atoms with Crippen LogP contribution in [-0.4, -0.2) is 41.9 Å². The first-order valence-corrected chi connectivity index (χ1v) is 8.05. The molecule has 122 valence electrons. The first-order valence-electron chi connectivity index (χ1n) is 8.05. The average molecular weight is 314 g/mol. The number of carbonyl (C=O) groups is 1. The Bertz CT molecular complexity index is 621. The minimum absolute atomic E-state index is 0.163. The summed E-state index contributed by atoms with van der Waals surface area (Å²) in [4.78, 5) is 12.1. The second-order valence-corrected chi connectivity index (χ2v) is 5.60. The van der Waals surface area contributed by atoms with Crippen LogP contribution >= 0.6 is 0 Å². The zero-order valence-corrected chi connectivity index (χ0v) is 13.1. The standard InChI is InChI=1S/C17H22N4O2/c22-17(19-10-12-23-15-6-2-1-3-7-15)16-8-11-21(20-16)14-5-4-9-18-13-14/h1-3,6-8,11,14,18H,4-5,9-10,12-13H2,(H,19,22). The number of piperidine rings is 1. The van der Waals surface area contributed by atoms with Crippen molar-refractivity contribution in [2.45, 2.75) is 18.9 Å². The number of aromatic nitrogens is 2. The summed E-state index contributed by atoms with van der Waals surface area (Å²) in [7, 11) is 0. The van der Waals surface area contributed by atoms with Gasteiger partial charge >= 0.3 is 0 Å². The molecule has 0 radical (unpaired) electrons. The molecule has 6 nitrogen and oxygen atoms in total. The van der Waals surface area contributed by atoms with Gasteiger partial charge in [0.1, 0.15) is 18.1 Å². The Kier molecular flexibility index (Phi) is 5.26. The van der Waals surface area contributed by atoms with Crippen molar-refractivity contribution in [1.29, 1.82) is 0 Å². The third-order valence-electron chi connectivity index (χ3n) is 3.89. The van der Waals surface area contributed by atoms with Crippen molar-refractivity contribution in [2.24, 2.45) is 0 Å².